The highest BCUT2D eigenvalue weighted by Crippen LogP contribution is 2.20. The van der Waals surface area contributed by atoms with E-state index in [9.17, 15) is 9.50 Å². The molecule has 6 nitrogen and oxygen atoms in total. The van der Waals surface area contributed by atoms with Gasteiger partial charge < -0.3 is 14.7 Å². The number of anilines is 1. The Morgan fingerprint density at radius 2 is 1.92 bits per heavy atom. The van der Waals surface area contributed by atoms with Crippen molar-refractivity contribution in [3.05, 3.63) is 47.4 Å². The fourth-order valence-corrected chi connectivity index (χ4v) is 2.99. The number of hydrogen-bond acceptors (Lipinski definition) is 6. The summed E-state index contributed by atoms with van der Waals surface area (Å²) in [4.78, 5) is 13.1. The number of piperazine rings is 1. The van der Waals surface area contributed by atoms with E-state index in [2.05, 4.69) is 19.8 Å². The van der Waals surface area contributed by atoms with Crippen LogP contribution in [-0.2, 0) is 0 Å². The topological polar surface area (TPSA) is 61.7 Å². The Kier molecular flexibility index (Phi) is 5.45. The summed E-state index contributed by atoms with van der Waals surface area (Å²) in [6.45, 7) is 5.32. The summed E-state index contributed by atoms with van der Waals surface area (Å²) in [5.41, 5.74) is 1.20. The summed E-state index contributed by atoms with van der Waals surface area (Å²) in [5, 5.41) is 10.3. The van der Waals surface area contributed by atoms with E-state index in [4.69, 9.17) is 4.74 Å². The molecule has 0 amide bonds. The van der Waals surface area contributed by atoms with E-state index < -0.39 is 6.10 Å². The molecular weight excluding hydrogens is 323 g/mol. The molecule has 1 aliphatic heterocycles. The highest BCUT2D eigenvalue weighted by atomic mass is 19.1. The minimum Gasteiger partial charge on any atom is -0.481 e. The van der Waals surface area contributed by atoms with Gasteiger partial charge in [0.15, 0.2) is 0 Å². The van der Waals surface area contributed by atoms with Crippen molar-refractivity contribution < 1.29 is 14.2 Å². The summed E-state index contributed by atoms with van der Waals surface area (Å²) >= 11 is 0. The standard InChI is InChI=1S/C18H23FN4O2/c1-13-11-17(25-2)21-18(20-13)23-9-7-22(8-10-23)12-16(24)14-5-3-4-6-15(14)19/h3-6,11,16,24H,7-10,12H2,1-2H3. The summed E-state index contributed by atoms with van der Waals surface area (Å²) < 4.78 is 19.0. The first-order valence-electron chi connectivity index (χ1n) is 8.36. The second kappa shape index (κ2) is 7.76. The van der Waals surface area contributed by atoms with Crippen LogP contribution in [0.4, 0.5) is 10.3 Å². The van der Waals surface area contributed by atoms with Gasteiger partial charge in [0.2, 0.25) is 11.8 Å². The number of ether oxygens (including phenoxy) is 1. The first kappa shape index (κ1) is 17.6. The largest absolute Gasteiger partial charge is 0.481 e. The molecule has 134 valence electrons. The number of rotatable bonds is 5. The Morgan fingerprint density at radius 1 is 1.20 bits per heavy atom. The van der Waals surface area contributed by atoms with Crippen molar-refractivity contribution in [2.75, 3.05) is 44.7 Å². The number of β-amino-alcohol motifs (C(OH)–C–C–N with tert-alkyl or cyclic N) is 1. The number of aryl methyl sites for hydroxylation is 1. The number of hydrogen-bond donors (Lipinski definition) is 1. The molecule has 0 bridgehead atoms. The van der Waals surface area contributed by atoms with Crippen LogP contribution < -0.4 is 9.64 Å². The van der Waals surface area contributed by atoms with Crippen molar-refractivity contribution in [2.24, 2.45) is 0 Å². The summed E-state index contributed by atoms with van der Waals surface area (Å²) in [5.74, 6) is 0.847. The molecule has 1 aliphatic rings. The molecule has 0 saturated carbocycles. The zero-order chi connectivity index (χ0) is 17.8. The molecule has 25 heavy (non-hydrogen) atoms. The van der Waals surface area contributed by atoms with Gasteiger partial charge in [-0.05, 0) is 13.0 Å². The van der Waals surface area contributed by atoms with Gasteiger partial charge in [0.1, 0.15) is 5.82 Å². The predicted octanol–water partition coefficient (Wildman–Crippen LogP) is 1.79. The van der Waals surface area contributed by atoms with Gasteiger partial charge >= 0.3 is 0 Å². The zero-order valence-corrected chi connectivity index (χ0v) is 14.5. The van der Waals surface area contributed by atoms with E-state index in [1.807, 2.05) is 6.92 Å². The first-order valence-corrected chi connectivity index (χ1v) is 8.36. The Labute approximate surface area is 146 Å². The van der Waals surface area contributed by atoms with Crippen molar-refractivity contribution in [1.82, 2.24) is 14.9 Å². The molecule has 2 heterocycles. The van der Waals surface area contributed by atoms with E-state index >= 15 is 0 Å². The molecule has 3 rings (SSSR count). The van der Waals surface area contributed by atoms with Gasteiger partial charge in [0.05, 0.1) is 13.2 Å². The summed E-state index contributed by atoms with van der Waals surface area (Å²) in [6.07, 6.45) is -0.830. The van der Waals surface area contributed by atoms with Crippen LogP contribution in [0.3, 0.4) is 0 Å². The van der Waals surface area contributed by atoms with E-state index in [-0.39, 0.29) is 5.82 Å². The Bertz CT molecular complexity index is 720. The van der Waals surface area contributed by atoms with Gasteiger partial charge in [-0.15, -0.1) is 0 Å². The molecule has 1 saturated heterocycles. The lowest BCUT2D eigenvalue weighted by Crippen LogP contribution is -2.48. The summed E-state index contributed by atoms with van der Waals surface area (Å²) in [6, 6.07) is 8.16. The van der Waals surface area contributed by atoms with Crippen LogP contribution in [0.1, 0.15) is 17.4 Å². The smallest absolute Gasteiger partial charge is 0.228 e. The SMILES string of the molecule is COc1cc(C)nc(N2CCN(CC(O)c3ccccc3F)CC2)n1. The van der Waals surface area contributed by atoms with Crippen molar-refractivity contribution >= 4 is 5.95 Å². The van der Waals surface area contributed by atoms with Crippen molar-refractivity contribution in [2.45, 2.75) is 13.0 Å². The minimum absolute atomic E-state index is 0.344. The molecule has 1 fully saturated rings. The second-order valence-electron chi connectivity index (χ2n) is 6.18. The van der Waals surface area contributed by atoms with E-state index in [1.165, 1.54) is 6.07 Å². The van der Waals surface area contributed by atoms with Crippen LogP contribution in [0, 0.1) is 12.7 Å². The van der Waals surface area contributed by atoms with Gasteiger partial charge in [0, 0.05) is 50.0 Å². The molecule has 0 aliphatic carbocycles. The van der Waals surface area contributed by atoms with Crippen LogP contribution in [0.25, 0.3) is 0 Å². The molecule has 1 N–H and O–H groups in total. The maximum Gasteiger partial charge on any atom is 0.228 e. The predicted molar refractivity (Wildman–Crippen MR) is 93.3 cm³/mol. The van der Waals surface area contributed by atoms with E-state index in [0.29, 0.717) is 23.9 Å². The van der Waals surface area contributed by atoms with Crippen molar-refractivity contribution in [3.8, 4) is 5.88 Å². The highest BCUT2D eigenvalue weighted by molar-refractivity contribution is 5.35. The fraction of sp³-hybridized carbons (Fsp3) is 0.444. The third-order valence-corrected chi connectivity index (χ3v) is 4.38. The number of halogens is 1. The number of aliphatic hydroxyl groups is 1. The van der Waals surface area contributed by atoms with Crippen LogP contribution in [-0.4, -0.2) is 59.8 Å². The third kappa shape index (κ3) is 4.24. The van der Waals surface area contributed by atoms with Crippen molar-refractivity contribution in [1.29, 1.82) is 0 Å². The molecule has 1 aromatic carbocycles. The van der Waals surface area contributed by atoms with Crippen LogP contribution in [0.2, 0.25) is 0 Å². The molecule has 1 atom stereocenters. The lowest BCUT2D eigenvalue weighted by atomic mass is 10.1. The van der Waals surface area contributed by atoms with Gasteiger partial charge in [0.25, 0.3) is 0 Å². The number of methoxy groups -OCH3 is 1. The zero-order valence-electron chi connectivity index (χ0n) is 14.5. The quantitative estimate of drug-likeness (QED) is 0.891. The number of nitrogens with zero attached hydrogens (tertiary/aromatic N) is 4. The average molecular weight is 346 g/mol. The first-order chi connectivity index (χ1) is 12.1. The lowest BCUT2D eigenvalue weighted by molar-refractivity contribution is 0.106. The molecule has 0 radical (unpaired) electrons. The second-order valence-corrected chi connectivity index (χ2v) is 6.18. The monoisotopic (exact) mass is 346 g/mol. The maximum atomic E-state index is 13.8. The maximum absolute atomic E-state index is 13.8. The Hall–Kier alpha value is -2.25. The third-order valence-electron chi connectivity index (χ3n) is 4.38. The Morgan fingerprint density at radius 3 is 2.60 bits per heavy atom. The number of benzene rings is 1. The van der Waals surface area contributed by atoms with E-state index in [1.54, 1.807) is 31.4 Å². The van der Waals surface area contributed by atoms with Gasteiger partial charge in [-0.2, -0.15) is 4.98 Å². The van der Waals surface area contributed by atoms with Crippen LogP contribution in [0.15, 0.2) is 30.3 Å². The Balaban J connectivity index is 1.59. The van der Waals surface area contributed by atoms with Gasteiger partial charge in [-0.3, -0.25) is 4.90 Å². The molecule has 0 spiro atoms. The lowest BCUT2D eigenvalue weighted by Gasteiger charge is -2.35. The highest BCUT2D eigenvalue weighted by Gasteiger charge is 2.23. The number of aromatic nitrogens is 2. The van der Waals surface area contributed by atoms with Gasteiger partial charge in [-0.1, -0.05) is 18.2 Å². The molecule has 1 aromatic heterocycles. The number of aliphatic hydroxyl groups excluding tert-OH is 1. The van der Waals surface area contributed by atoms with E-state index in [0.717, 1.165) is 31.9 Å². The van der Waals surface area contributed by atoms with Gasteiger partial charge in [-0.25, -0.2) is 9.37 Å². The average Bonchev–Trinajstić information content (AvgIpc) is 2.62. The molecule has 1 unspecified atom stereocenters. The van der Waals surface area contributed by atoms with Crippen molar-refractivity contribution in [3.63, 3.8) is 0 Å². The van der Waals surface area contributed by atoms with Crippen LogP contribution >= 0.6 is 0 Å². The molecular formula is C18H23FN4O2. The fourth-order valence-electron chi connectivity index (χ4n) is 2.99. The molecule has 2 aromatic rings. The minimum atomic E-state index is -0.830. The van der Waals surface area contributed by atoms with Crippen LogP contribution in [0.5, 0.6) is 5.88 Å². The normalized spacial score (nSPS) is 16.7. The molecule has 7 heteroatoms. The summed E-state index contributed by atoms with van der Waals surface area (Å²) in [7, 11) is 1.59.